The zero-order chi connectivity index (χ0) is 15.4. The second-order valence-electron chi connectivity index (χ2n) is 5.39. The molecule has 5 nitrogen and oxygen atoms in total. The van der Waals surface area contributed by atoms with E-state index in [0.717, 1.165) is 31.6 Å². The van der Waals surface area contributed by atoms with Crippen LogP contribution >= 0.6 is 11.6 Å². The number of carbonyl (C=O) groups excluding carboxylic acids is 1. The lowest BCUT2D eigenvalue weighted by atomic mass is 9.91. The van der Waals surface area contributed by atoms with Gasteiger partial charge in [0.05, 0.1) is 5.56 Å². The highest BCUT2D eigenvalue weighted by molar-refractivity contribution is 6.31. The maximum atomic E-state index is 11.5. The third-order valence-electron chi connectivity index (χ3n) is 3.95. The lowest BCUT2D eigenvalue weighted by Gasteiger charge is -2.34. The third-order valence-corrected chi connectivity index (χ3v) is 4.18. The Morgan fingerprint density at radius 1 is 1.33 bits per heavy atom. The smallest absolute Gasteiger partial charge is 0.303 e. The number of nitrogens with zero attached hydrogens (tertiary/aromatic N) is 1. The fourth-order valence-electron chi connectivity index (χ4n) is 2.77. The maximum absolute atomic E-state index is 11.5. The van der Waals surface area contributed by atoms with E-state index in [1.165, 1.54) is 0 Å². The minimum absolute atomic E-state index is 0.220. The number of carbonyl (C=O) groups is 2. The summed E-state index contributed by atoms with van der Waals surface area (Å²) in [7, 11) is 0. The average Bonchev–Trinajstić information content (AvgIpc) is 2.45. The molecular weight excluding hydrogens is 292 g/mol. The van der Waals surface area contributed by atoms with Crippen LogP contribution in [0.1, 0.15) is 36.0 Å². The summed E-state index contributed by atoms with van der Waals surface area (Å²) in [6.45, 7) is 1.60. The van der Waals surface area contributed by atoms with Crippen LogP contribution in [0.4, 0.5) is 5.69 Å². The molecule has 114 valence electrons. The van der Waals surface area contributed by atoms with Crippen molar-refractivity contribution in [3.05, 3.63) is 28.8 Å². The highest BCUT2D eigenvalue weighted by atomic mass is 35.5. The van der Waals surface area contributed by atoms with Gasteiger partial charge in [-0.15, -0.1) is 0 Å². The van der Waals surface area contributed by atoms with Crippen LogP contribution in [0.5, 0.6) is 0 Å². The quantitative estimate of drug-likeness (QED) is 0.875. The second-order valence-corrected chi connectivity index (χ2v) is 5.82. The van der Waals surface area contributed by atoms with Crippen molar-refractivity contribution in [3.8, 4) is 0 Å². The summed E-state index contributed by atoms with van der Waals surface area (Å²) in [5.74, 6) is -0.798. The second kappa shape index (κ2) is 6.80. The normalized spacial score (nSPS) is 16.0. The Hall–Kier alpha value is -1.75. The number of hydrogen-bond acceptors (Lipinski definition) is 3. The molecule has 0 unspecified atom stereocenters. The molecule has 6 heteroatoms. The number of carboxylic acid groups (broad SMARTS) is 1. The molecular formula is C15H19ClN2O3. The van der Waals surface area contributed by atoms with Gasteiger partial charge >= 0.3 is 5.97 Å². The number of amides is 1. The summed E-state index contributed by atoms with van der Waals surface area (Å²) in [6.07, 6.45) is 2.78. The maximum Gasteiger partial charge on any atom is 0.303 e. The number of benzene rings is 1. The van der Waals surface area contributed by atoms with Crippen molar-refractivity contribution in [1.29, 1.82) is 0 Å². The van der Waals surface area contributed by atoms with E-state index in [-0.39, 0.29) is 6.42 Å². The van der Waals surface area contributed by atoms with E-state index in [1.54, 1.807) is 12.1 Å². The van der Waals surface area contributed by atoms with E-state index in [9.17, 15) is 9.59 Å². The standard InChI is InChI=1S/C15H19ClN2O3/c16-11-2-3-13(12(9-11)15(17)21)18-7-5-10(6-8-18)1-4-14(19)20/h2-3,9-10H,1,4-8H2,(H2,17,21)(H,19,20). The summed E-state index contributed by atoms with van der Waals surface area (Å²) < 4.78 is 0. The van der Waals surface area contributed by atoms with E-state index in [2.05, 4.69) is 4.90 Å². The van der Waals surface area contributed by atoms with Crippen LogP contribution in [0.15, 0.2) is 18.2 Å². The number of hydrogen-bond donors (Lipinski definition) is 2. The van der Waals surface area contributed by atoms with Crippen LogP contribution in [0.2, 0.25) is 5.02 Å². The summed E-state index contributed by atoms with van der Waals surface area (Å²) >= 11 is 5.91. The van der Waals surface area contributed by atoms with Crippen molar-refractivity contribution in [2.24, 2.45) is 11.7 Å². The largest absolute Gasteiger partial charge is 0.481 e. The summed E-state index contributed by atoms with van der Waals surface area (Å²) in [6, 6.07) is 5.16. The predicted molar refractivity (Wildman–Crippen MR) is 81.8 cm³/mol. The molecule has 0 aromatic heterocycles. The Bertz CT molecular complexity index is 540. The molecule has 1 fully saturated rings. The van der Waals surface area contributed by atoms with Gasteiger partial charge in [0.2, 0.25) is 0 Å². The number of rotatable bonds is 5. The number of piperidine rings is 1. The molecule has 1 aliphatic rings. The zero-order valence-electron chi connectivity index (χ0n) is 11.7. The topological polar surface area (TPSA) is 83.6 Å². The molecule has 1 saturated heterocycles. The highest BCUT2D eigenvalue weighted by Gasteiger charge is 2.22. The van der Waals surface area contributed by atoms with Crippen LogP contribution in [0, 0.1) is 5.92 Å². The first-order valence-corrected chi connectivity index (χ1v) is 7.41. The van der Waals surface area contributed by atoms with Gasteiger partial charge in [0.1, 0.15) is 0 Å². The Morgan fingerprint density at radius 2 is 2.00 bits per heavy atom. The van der Waals surface area contributed by atoms with Crippen molar-refractivity contribution >= 4 is 29.2 Å². The summed E-state index contributed by atoms with van der Waals surface area (Å²) in [5, 5.41) is 9.21. The Labute approximate surface area is 128 Å². The van der Waals surface area contributed by atoms with E-state index >= 15 is 0 Å². The molecule has 1 heterocycles. The molecule has 1 amide bonds. The SMILES string of the molecule is NC(=O)c1cc(Cl)ccc1N1CCC(CCC(=O)O)CC1. The summed E-state index contributed by atoms with van der Waals surface area (Å²) in [4.78, 5) is 24.3. The molecule has 1 aliphatic heterocycles. The molecule has 0 atom stereocenters. The van der Waals surface area contributed by atoms with Gasteiger partial charge in [0.15, 0.2) is 0 Å². The van der Waals surface area contributed by atoms with Crippen LogP contribution in [0.25, 0.3) is 0 Å². The van der Waals surface area contributed by atoms with Gasteiger partial charge in [-0.3, -0.25) is 9.59 Å². The van der Waals surface area contributed by atoms with Gasteiger partial charge in [-0.2, -0.15) is 0 Å². The molecule has 0 spiro atoms. The average molecular weight is 311 g/mol. The first-order valence-electron chi connectivity index (χ1n) is 7.03. The molecule has 1 aromatic carbocycles. The van der Waals surface area contributed by atoms with Crippen LogP contribution in [0.3, 0.4) is 0 Å². The van der Waals surface area contributed by atoms with Gasteiger partial charge in [-0.05, 0) is 43.4 Å². The Balaban J connectivity index is 2.02. The third kappa shape index (κ3) is 4.11. The lowest BCUT2D eigenvalue weighted by molar-refractivity contribution is -0.137. The Morgan fingerprint density at radius 3 is 2.57 bits per heavy atom. The highest BCUT2D eigenvalue weighted by Crippen LogP contribution is 2.29. The van der Waals surface area contributed by atoms with Crippen molar-refractivity contribution in [1.82, 2.24) is 0 Å². The molecule has 0 aliphatic carbocycles. The summed E-state index contributed by atoms with van der Waals surface area (Å²) in [5.41, 5.74) is 6.65. The van der Waals surface area contributed by atoms with E-state index in [0.29, 0.717) is 22.9 Å². The zero-order valence-corrected chi connectivity index (χ0v) is 12.5. The van der Waals surface area contributed by atoms with Crippen molar-refractivity contribution in [2.45, 2.75) is 25.7 Å². The molecule has 0 bridgehead atoms. The van der Waals surface area contributed by atoms with Crippen LogP contribution < -0.4 is 10.6 Å². The number of anilines is 1. The fourth-order valence-corrected chi connectivity index (χ4v) is 2.94. The van der Waals surface area contributed by atoms with Gasteiger partial charge in [0, 0.05) is 30.2 Å². The predicted octanol–water partition coefficient (Wildman–Crippen LogP) is 2.52. The van der Waals surface area contributed by atoms with Crippen molar-refractivity contribution in [3.63, 3.8) is 0 Å². The van der Waals surface area contributed by atoms with E-state index < -0.39 is 11.9 Å². The first kappa shape index (κ1) is 15.6. The van der Waals surface area contributed by atoms with E-state index in [4.69, 9.17) is 22.4 Å². The molecule has 0 radical (unpaired) electrons. The van der Waals surface area contributed by atoms with Crippen molar-refractivity contribution in [2.75, 3.05) is 18.0 Å². The van der Waals surface area contributed by atoms with Crippen LogP contribution in [-0.4, -0.2) is 30.1 Å². The minimum Gasteiger partial charge on any atom is -0.481 e. The molecule has 1 aromatic rings. The Kier molecular flexibility index (Phi) is 5.07. The van der Waals surface area contributed by atoms with E-state index in [1.807, 2.05) is 6.07 Å². The molecule has 21 heavy (non-hydrogen) atoms. The number of aliphatic carboxylic acids is 1. The monoisotopic (exact) mass is 310 g/mol. The van der Waals surface area contributed by atoms with Gasteiger partial charge in [0.25, 0.3) is 5.91 Å². The number of primary amides is 1. The number of halogens is 1. The fraction of sp³-hybridized carbons (Fsp3) is 0.467. The van der Waals surface area contributed by atoms with Gasteiger partial charge in [-0.1, -0.05) is 11.6 Å². The number of nitrogens with two attached hydrogens (primary N) is 1. The number of carboxylic acids is 1. The molecule has 0 saturated carbocycles. The molecule has 3 N–H and O–H groups in total. The lowest BCUT2D eigenvalue weighted by Crippen LogP contribution is -2.35. The van der Waals surface area contributed by atoms with Crippen molar-refractivity contribution < 1.29 is 14.7 Å². The van der Waals surface area contributed by atoms with Gasteiger partial charge < -0.3 is 15.7 Å². The molecule has 2 rings (SSSR count). The van der Waals surface area contributed by atoms with Crippen LogP contribution in [-0.2, 0) is 4.79 Å². The van der Waals surface area contributed by atoms with Gasteiger partial charge in [-0.25, -0.2) is 0 Å². The minimum atomic E-state index is -0.744. The first-order chi connectivity index (χ1) is 9.97.